The van der Waals surface area contributed by atoms with Crippen molar-refractivity contribution < 1.29 is 19.4 Å². The Balaban J connectivity index is 2.25. The number of rotatable bonds is 4. The summed E-state index contributed by atoms with van der Waals surface area (Å²) >= 11 is 0. The minimum Gasteiger partial charge on any atom is -0.481 e. The SMILES string of the molecule is CCOC(=O)C1(c2ccccc2)CC[C@@H](C(=O)O)c2ccccc21. The number of benzene rings is 2. The summed E-state index contributed by atoms with van der Waals surface area (Å²) in [5, 5.41) is 9.55. The van der Waals surface area contributed by atoms with Gasteiger partial charge in [0, 0.05) is 0 Å². The number of fused-ring (bicyclic) bond motifs is 1. The second-order valence-corrected chi connectivity index (χ2v) is 6.01. The van der Waals surface area contributed by atoms with Gasteiger partial charge < -0.3 is 9.84 Å². The monoisotopic (exact) mass is 324 g/mol. The maximum absolute atomic E-state index is 13.0. The first-order valence-electron chi connectivity index (χ1n) is 8.16. The Morgan fingerprint density at radius 3 is 2.46 bits per heavy atom. The summed E-state index contributed by atoms with van der Waals surface area (Å²) in [6.45, 7) is 2.07. The fraction of sp³-hybridized carbons (Fsp3) is 0.300. The van der Waals surface area contributed by atoms with Gasteiger partial charge in [-0.2, -0.15) is 0 Å². The second-order valence-electron chi connectivity index (χ2n) is 6.01. The van der Waals surface area contributed by atoms with E-state index >= 15 is 0 Å². The van der Waals surface area contributed by atoms with Gasteiger partial charge in [0.05, 0.1) is 12.5 Å². The Labute approximate surface area is 141 Å². The van der Waals surface area contributed by atoms with E-state index in [9.17, 15) is 14.7 Å². The molecular formula is C20H20O4. The van der Waals surface area contributed by atoms with Gasteiger partial charge in [-0.25, -0.2) is 0 Å². The summed E-state index contributed by atoms with van der Waals surface area (Å²) < 4.78 is 5.41. The molecule has 2 aromatic rings. The summed E-state index contributed by atoms with van der Waals surface area (Å²) in [5.74, 6) is -1.76. The van der Waals surface area contributed by atoms with E-state index < -0.39 is 17.3 Å². The number of esters is 1. The third kappa shape index (κ3) is 2.48. The Morgan fingerprint density at radius 1 is 1.12 bits per heavy atom. The first-order valence-corrected chi connectivity index (χ1v) is 8.16. The van der Waals surface area contributed by atoms with Crippen molar-refractivity contribution >= 4 is 11.9 Å². The van der Waals surface area contributed by atoms with Gasteiger partial charge in [-0.1, -0.05) is 54.6 Å². The molecule has 0 heterocycles. The minimum atomic E-state index is -0.945. The van der Waals surface area contributed by atoms with Crippen LogP contribution in [0.25, 0.3) is 0 Å². The first kappa shape index (κ1) is 16.2. The molecule has 0 aromatic heterocycles. The van der Waals surface area contributed by atoms with Gasteiger partial charge in [0.25, 0.3) is 0 Å². The van der Waals surface area contributed by atoms with Gasteiger partial charge in [0.15, 0.2) is 0 Å². The summed E-state index contributed by atoms with van der Waals surface area (Å²) in [5.41, 5.74) is 1.35. The van der Waals surface area contributed by atoms with Crippen molar-refractivity contribution in [2.75, 3.05) is 6.61 Å². The highest BCUT2D eigenvalue weighted by atomic mass is 16.5. The zero-order valence-electron chi connectivity index (χ0n) is 13.6. The van der Waals surface area contributed by atoms with Crippen molar-refractivity contribution in [1.29, 1.82) is 0 Å². The molecule has 4 nitrogen and oxygen atoms in total. The number of hydrogen-bond acceptors (Lipinski definition) is 3. The van der Waals surface area contributed by atoms with E-state index in [0.29, 0.717) is 18.4 Å². The fourth-order valence-electron chi connectivity index (χ4n) is 3.70. The number of carboxylic acids is 1. The molecule has 0 bridgehead atoms. The molecule has 0 saturated carbocycles. The van der Waals surface area contributed by atoms with Gasteiger partial charge >= 0.3 is 11.9 Å². The van der Waals surface area contributed by atoms with Crippen LogP contribution in [0.2, 0.25) is 0 Å². The average Bonchev–Trinajstić information content (AvgIpc) is 2.61. The number of carbonyl (C=O) groups is 2. The smallest absolute Gasteiger partial charge is 0.321 e. The summed E-state index contributed by atoms with van der Waals surface area (Å²) in [4.78, 5) is 24.6. The molecule has 1 N–H and O–H groups in total. The molecule has 0 aliphatic heterocycles. The van der Waals surface area contributed by atoms with Crippen molar-refractivity contribution in [3.8, 4) is 0 Å². The predicted molar refractivity (Wildman–Crippen MR) is 89.9 cm³/mol. The lowest BCUT2D eigenvalue weighted by molar-refractivity contribution is -0.150. The molecule has 24 heavy (non-hydrogen) atoms. The van der Waals surface area contributed by atoms with Crippen molar-refractivity contribution in [3.05, 3.63) is 71.3 Å². The van der Waals surface area contributed by atoms with Gasteiger partial charge in [-0.3, -0.25) is 9.59 Å². The topological polar surface area (TPSA) is 63.6 Å². The molecule has 0 radical (unpaired) electrons. The van der Waals surface area contributed by atoms with Crippen LogP contribution in [0, 0.1) is 0 Å². The van der Waals surface area contributed by atoms with Crippen molar-refractivity contribution in [2.45, 2.75) is 31.1 Å². The molecule has 0 saturated heterocycles. The molecule has 1 aliphatic rings. The van der Waals surface area contributed by atoms with E-state index in [1.54, 1.807) is 6.92 Å². The Kier molecular flexibility index (Phi) is 4.38. The van der Waals surface area contributed by atoms with Crippen molar-refractivity contribution in [2.24, 2.45) is 0 Å². The molecule has 2 atom stereocenters. The molecule has 3 rings (SSSR count). The number of hydrogen-bond donors (Lipinski definition) is 1. The predicted octanol–water partition coefficient (Wildman–Crippen LogP) is 3.50. The third-order valence-electron chi connectivity index (χ3n) is 4.79. The van der Waals surface area contributed by atoms with Crippen LogP contribution in [0.5, 0.6) is 0 Å². The van der Waals surface area contributed by atoms with E-state index in [2.05, 4.69) is 0 Å². The number of ether oxygens (including phenoxy) is 1. The van der Waals surface area contributed by atoms with Crippen LogP contribution in [0.1, 0.15) is 42.4 Å². The van der Waals surface area contributed by atoms with E-state index in [1.807, 2.05) is 54.6 Å². The van der Waals surface area contributed by atoms with Crippen LogP contribution < -0.4 is 0 Å². The second kappa shape index (κ2) is 6.48. The van der Waals surface area contributed by atoms with Crippen LogP contribution in [0.15, 0.2) is 54.6 Å². The highest BCUT2D eigenvalue weighted by molar-refractivity contribution is 5.90. The highest BCUT2D eigenvalue weighted by Gasteiger charge is 2.49. The summed E-state index contributed by atoms with van der Waals surface area (Å²) in [7, 11) is 0. The number of aliphatic carboxylic acids is 1. The molecule has 4 heteroatoms. The quantitative estimate of drug-likeness (QED) is 0.874. The largest absolute Gasteiger partial charge is 0.481 e. The third-order valence-corrected chi connectivity index (χ3v) is 4.79. The Hall–Kier alpha value is -2.62. The summed E-state index contributed by atoms with van der Waals surface area (Å²) in [6.07, 6.45) is 0.823. The van der Waals surface area contributed by atoms with Crippen LogP contribution >= 0.6 is 0 Å². The highest BCUT2D eigenvalue weighted by Crippen LogP contribution is 2.47. The molecule has 0 amide bonds. The number of carbonyl (C=O) groups excluding carboxylic acids is 1. The molecule has 0 spiro atoms. The molecule has 2 aromatic carbocycles. The van der Waals surface area contributed by atoms with Crippen LogP contribution in [-0.4, -0.2) is 23.7 Å². The van der Waals surface area contributed by atoms with Crippen LogP contribution in [0.4, 0.5) is 0 Å². The molecule has 1 aliphatic carbocycles. The van der Waals surface area contributed by atoms with E-state index in [0.717, 1.165) is 11.1 Å². The Morgan fingerprint density at radius 2 is 1.79 bits per heavy atom. The van der Waals surface area contributed by atoms with E-state index in [1.165, 1.54) is 0 Å². The van der Waals surface area contributed by atoms with E-state index in [-0.39, 0.29) is 12.6 Å². The lowest BCUT2D eigenvalue weighted by Crippen LogP contribution is -2.43. The van der Waals surface area contributed by atoms with Crippen molar-refractivity contribution in [3.63, 3.8) is 0 Å². The van der Waals surface area contributed by atoms with Crippen molar-refractivity contribution in [1.82, 2.24) is 0 Å². The fourth-order valence-corrected chi connectivity index (χ4v) is 3.70. The normalized spacial score (nSPS) is 22.5. The van der Waals surface area contributed by atoms with Gasteiger partial charge in [-0.15, -0.1) is 0 Å². The lowest BCUT2D eigenvalue weighted by Gasteiger charge is -2.39. The maximum Gasteiger partial charge on any atom is 0.321 e. The van der Waals surface area contributed by atoms with Crippen LogP contribution in [-0.2, 0) is 19.7 Å². The average molecular weight is 324 g/mol. The van der Waals surface area contributed by atoms with E-state index in [4.69, 9.17) is 4.74 Å². The summed E-state index contributed by atoms with van der Waals surface area (Å²) in [6, 6.07) is 16.8. The standard InChI is InChI=1S/C20H20O4/c1-2-24-19(23)20(14-8-4-3-5-9-14)13-12-16(18(21)22)15-10-6-7-11-17(15)20/h3-11,16H,2,12-13H2,1H3,(H,21,22)/t16-,20?/m1/s1. The minimum absolute atomic E-state index is 0.290. The molecule has 124 valence electrons. The molecule has 0 fully saturated rings. The zero-order chi connectivity index (χ0) is 17.2. The lowest BCUT2D eigenvalue weighted by atomic mass is 9.63. The zero-order valence-corrected chi connectivity index (χ0v) is 13.6. The molecular weight excluding hydrogens is 304 g/mol. The Bertz CT molecular complexity index is 753. The molecule has 1 unspecified atom stereocenters. The first-order chi connectivity index (χ1) is 11.6. The maximum atomic E-state index is 13.0. The van der Waals surface area contributed by atoms with Gasteiger partial charge in [0.2, 0.25) is 0 Å². The van der Waals surface area contributed by atoms with Gasteiger partial charge in [0.1, 0.15) is 5.41 Å². The van der Waals surface area contributed by atoms with Crippen LogP contribution in [0.3, 0.4) is 0 Å². The van der Waals surface area contributed by atoms with Gasteiger partial charge in [-0.05, 0) is 36.5 Å². The number of carboxylic acid groups (broad SMARTS) is 1.